The van der Waals surface area contributed by atoms with E-state index in [2.05, 4.69) is 5.32 Å². The highest BCUT2D eigenvalue weighted by molar-refractivity contribution is 7.17. The summed E-state index contributed by atoms with van der Waals surface area (Å²) < 4.78 is 13.8. The summed E-state index contributed by atoms with van der Waals surface area (Å²) in [5, 5.41) is 12.4. The summed E-state index contributed by atoms with van der Waals surface area (Å²) in [5.74, 6) is -2.48. The van der Waals surface area contributed by atoms with Gasteiger partial charge in [0.1, 0.15) is 16.4 Å². The van der Waals surface area contributed by atoms with Gasteiger partial charge in [-0.15, -0.1) is 11.3 Å². The number of thiophene rings is 1. The molecule has 132 valence electrons. The van der Waals surface area contributed by atoms with Crippen molar-refractivity contribution in [3.8, 4) is 11.1 Å². The number of anilines is 1. The minimum absolute atomic E-state index is 0.0149. The van der Waals surface area contributed by atoms with E-state index in [9.17, 15) is 19.1 Å². The number of aromatic carboxylic acids is 1. The summed E-state index contributed by atoms with van der Waals surface area (Å²) in [5.41, 5.74) is 2.26. The van der Waals surface area contributed by atoms with Gasteiger partial charge in [-0.1, -0.05) is 42.0 Å². The molecule has 3 rings (SSSR count). The predicted octanol–water partition coefficient (Wildman–Crippen LogP) is 5.12. The Labute approximate surface area is 153 Å². The molecule has 1 amide bonds. The van der Waals surface area contributed by atoms with Gasteiger partial charge in [-0.25, -0.2) is 9.18 Å². The van der Waals surface area contributed by atoms with E-state index in [0.717, 1.165) is 27.3 Å². The van der Waals surface area contributed by atoms with Crippen molar-refractivity contribution in [3.63, 3.8) is 0 Å². The number of aryl methyl sites for hydroxylation is 2. The monoisotopic (exact) mass is 369 g/mol. The van der Waals surface area contributed by atoms with E-state index >= 15 is 0 Å². The average molecular weight is 369 g/mol. The SMILES string of the molecule is Cc1ccc(-c2c(C)sc(NC(=O)c3ccccc3F)c2C(=O)O)cc1. The third-order valence-corrected chi connectivity index (χ3v) is 5.00. The van der Waals surface area contributed by atoms with Crippen molar-refractivity contribution in [2.75, 3.05) is 5.32 Å². The van der Waals surface area contributed by atoms with Gasteiger partial charge in [0.2, 0.25) is 0 Å². The number of benzene rings is 2. The van der Waals surface area contributed by atoms with Crippen LogP contribution >= 0.6 is 11.3 Å². The maximum Gasteiger partial charge on any atom is 0.339 e. The Bertz CT molecular complexity index is 993. The van der Waals surface area contributed by atoms with Gasteiger partial charge in [0.25, 0.3) is 5.91 Å². The number of carbonyl (C=O) groups excluding carboxylic acids is 1. The zero-order valence-corrected chi connectivity index (χ0v) is 15.0. The lowest BCUT2D eigenvalue weighted by molar-refractivity contribution is 0.0699. The Morgan fingerprint density at radius 3 is 2.31 bits per heavy atom. The Balaban J connectivity index is 2.05. The quantitative estimate of drug-likeness (QED) is 0.671. The van der Waals surface area contributed by atoms with Crippen LogP contribution in [0.2, 0.25) is 0 Å². The number of hydrogen-bond acceptors (Lipinski definition) is 3. The van der Waals surface area contributed by atoms with Gasteiger partial charge in [-0.3, -0.25) is 4.79 Å². The van der Waals surface area contributed by atoms with Crippen LogP contribution in [-0.2, 0) is 0 Å². The molecular formula is C20H16FNO3S. The van der Waals surface area contributed by atoms with Gasteiger partial charge in [0.05, 0.1) is 5.56 Å². The number of rotatable bonds is 4. The Hall–Kier alpha value is -2.99. The minimum Gasteiger partial charge on any atom is -0.478 e. The first-order chi connectivity index (χ1) is 12.4. The fourth-order valence-corrected chi connectivity index (χ4v) is 3.78. The van der Waals surface area contributed by atoms with Crippen molar-refractivity contribution in [2.24, 2.45) is 0 Å². The first-order valence-corrected chi connectivity index (χ1v) is 8.69. The molecule has 0 saturated heterocycles. The van der Waals surface area contributed by atoms with Gasteiger partial charge in [-0.2, -0.15) is 0 Å². The number of carbonyl (C=O) groups is 2. The summed E-state index contributed by atoms with van der Waals surface area (Å²) in [6.07, 6.45) is 0. The molecule has 3 aromatic rings. The van der Waals surface area contributed by atoms with Crippen molar-refractivity contribution in [3.05, 3.63) is 75.9 Å². The van der Waals surface area contributed by atoms with Gasteiger partial charge in [0.15, 0.2) is 0 Å². The Morgan fingerprint density at radius 1 is 1.04 bits per heavy atom. The average Bonchev–Trinajstić information content (AvgIpc) is 2.92. The zero-order chi connectivity index (χ0) is 18.8. The lowest BCUT2D eigenvalue weighted by Crippen LogP contribution is -2.15. The van der Waals surface area contributed by atoms with E-state index in [-0.39, 0.29) is 16.1 Å². The van der Waals surface area contributed by atoms with Crippen LogP contribution in [0.15, 0.2) is 48.5 Å². The first-order valence-electron chi connectivity index (χ1n) is 7.88. The first kappa shape index (κ1) is 17.8. The highest BCUT2D eigenvalue weighted by atomic mass is 32.1. The van der Waals surface area contributed by atoms with E-state index in [4.69, 9.17) is 0 Å². The third kappa shape index (κ3) is 3.36. The topological polar surface area (TPSA) is 66.4 Å². The molecular weight excluding hydrogens is 353 g/mol. The zero-order valence-electron chi connectivity index (χ0n) is 14.2. The van der Waals surface area contributed by atoms with Crippen LogP contribution in [0.1, 0.15) is 31.2 Å². The van der Waals surface area contributed by atoms with Gasteiger partial charge in [0, 0.05) is 10.4 Å². The summed E-state index contributed by atoms with van der Waals surface area (Å²) in [7, 11) is 0. The smallest absolute Gasteiger partial charge is 0.339 e. The van der Waals surface area contributed by atoms with Crippen LogP contribution in [0, 0.1) is 19.7 Å². The molecule has 0 aliphatic rings. The second-order valence-corrected chi connectivity index (χ2v) is 7.07. The predicted molar refractivity (Wildman–Crippen MR) is 101 cm³/mol. The molecule has 0 unspecified atom stereocenters. The van der Waals surface area contributed by atoms with E-state index in [1.807, 2.05) is 31.2 Å². The number of halogens is 1. The Kier molecular flexibility index (Phi) is 4.86. The number of carboxylic acid groups (broad SMARTS) is 1. The molecule has 2 N–H and O–H groups in total. The molecule has 0 saturated carbocycles. The van der Waals surface area contributed by atoms with Gasteiger partial charge >= 0.3 is 5.97 Å². The third-order valence-electron chi connectivity index (χ3n) is 3.98. The highest BCUT2D eigenvalue weighted by Gasteiger charge is 2.24. The minimum atomic E-state index is -1.14. The van der Waals surface area contributed by atoms with E-state index in [0.29, 0.717) is 5.56 Å². The number of amides is 1. The van der Waals surface area contributed by atoms with Crippen LogP contribution in [0.5, 0.6) is 0 Å². The fraction of sp³-hybridized carbons (Fsp3) is 0.100. The second kappa shape index (κ2) is 7.09. The molecule has 1 aromatic heterocycles. The molecule has 6 heteroatoms. The summed E-state index contributed by atoms with van der Waals surface area (Å²) in [6, 6.07) is 13.1. The lowest BCUT2D eigenvalue weighted by atomic mass is 10.0. The maximum atomic E-state index is 13.8. The van der Waals surface area contributed by atoms with E-state index in [1.54, 1.807) is 13.0 Å². The van der Waals surface area contributed by atoms with Crippen molar-refractivity contribution in [1.82, 2.24) is 0 Å². The van der Waals surface area contributed by atoms with Crippen LogP contribution in [-0.4, -0.2) is 17.0 Å². The number of hydrogen-bond donors (Lipinski definition) is 2. The van der Waals surface area contributed by atoms with Crippen LogP contribution in [0.4, 0.5) is 9.39 Å². The van der Waals surface area contributed by atoms with Crippen molar-refractivity contribution < 1.29 is 19.1 Å². The van der Waals surface area contributed by atoms with Crippen LogP contribution in [0.25, 0.3) is 11.1 Å². The summed E-state index contributed by atoms with van der Waals surface area (Å²) in [4.78, 5) is 25.0. The van der Waals surface area contributed by atoms with Crippen molar-refractivity contribution in [2.45, 2.75) is 13.8 Å². The van der Waals surface area contributed by atoms with E-state index < -0.39 is 17.7 Å². The number of carboxylic acids is 1. The molecule has 0 atom stereocenters. The molecule has 0 aliphatic carbocycles. The van der Waals surface area contributed by atoms with E-state index in [1.165, 1.54) is 18.2 Å². The number of nitrogens with one attached hydrogen (secondary N) is 1. The maximum absolute atomic E-state index is 13.8. The van der Waals surface area contributed by atoms with Gasteiger partial charge in [-0.05, 0) is 31.5 Å². The molecule has 2 aromatic carbocycles. The van der Waals surface area contributed by atoms with Gasteiger partial charge < -0.3 is 10.4 Å². The fourth-order valence-electron chi connectivity index (χ4n) is 2.72. The molecule has 1 heterocycles. The standard InChI is InChI=1S/C20H16FNO3S/c1-11-7-9-13(10-8-11)16-12(2)26-19(17(16)20(24)25)22-18(23)14-5-3-4-6-15(14)21/h3-10H,1-2H3,(H,22,23)(H,24,25). The lowest BCUT2D eigenvalue weighted by Gasteiger charge is -2.07. The molecule has 0 fully saturated rings. The van der Waals surface area contributed by atoms with Crippen molar-refractivity contribution in [1.29, 1.82) is 0 Å². The Morgan fingerprint density at radius 2 is 1.69 bits per heavy atom. The molecule has 4 nitrogen and oxygen atoms in total. The largest absolute Gasteiger partial charge is 0.478 e. The molecule has 0 bridgehead atoms. The molecule has 0 aliphatic heterocycles. The molecule has 0 spiro atoms. The van der Waals surface area contributed by atoms with Crippen molar-refractivity contribution >= 4 is 28.2 Å². The summed E-state index contributed by atoms with van der Waals surface area (Å²) >= 11 is 1.16. The van der Waals surface area contributed by atoms with Crippen LogP contribution in [0.3, 0.4) is 0 Å². The highest BCUT2D eigenvalue weighted by Crippen LogP contribution is 2.40. The molecule has 0 radical (unpaired) electrons. The van der Waals surface area contributed by atoms with Crippen LogP contribution < -0.4 is 5.32 Å². The molecule has 26 heavy (non-hydrogen) atoms. The summed E-state index contributed by atoms with van der Waals surface area (Å²) in [6.45, 7) is 3.74. The normalized spacial score (nSPS) is 10.6. The second-order valence-electron chi connectivity index (χ2n) is 5.84.